The average Bonchev–Trinajstić information content (AvgIpc) is 2.86. The smallest absolute Gasteiger partial charge is 0.398 e. The number of amides is 2. The number of aliphatic imine (C=N–C) groups is 1. The Morgan fingerprint density at radius 3 is 2.41 bits per heavy atom. The third kappa shape index (κ3) is 5.97. The predicted octanol–water partition coefficient (Wildman–Crippen LogP) is 5.10. The first-order chi connectivity index (χ1) is 18.5. The fraction of sp³-hybridized carbons (Fsp3) is 0.214. The number of allylic oxidation sites excluding steroid dienone is 1. The molecule has 0 atom stereocenters. The van der Waals surface area contributed by atoms with E-state index in [1.54, 1.807) is 41.3 Å². The fourth-order valence-corrected chi connectivity index (χ4v) is 4.20. The second-order valence-electron chi connectivity index (χ2n) is 8.98. The third-order valence-corrected chi connectivity index (χ3v) is 6.33. The topological polar surface area (TPSA) is 101 Å². The monoisotopic (exact) mass is 539 g/mol. The molecule has 7 nitrogen and oxygen atoms in total. The van der Waals surface area contributed by atoms with Gasteiger partial charge in [-0.1, -0.05) is 30.3 Å². The summed E-state index contributed by atoms with van der Waals surface area (Å²) in [5.74, 6) is -2.35. The average molecular weight is 540 g/mol. The number of nitrogens with one attached hydrogen (secondary N) is 1. The predicted molar refractivity (Wildman–Crippen MR) is 141 cm³/mol. The molecule has 1 aromatic heterocycles. The van der Waals surface area contributed by atoms with E-state index in [1.165, 1.54) is 20.2 Å². The lowest BCUT2D eigenvalue weighted by atomic mass is 9.94. The molecule has 2 aromatic carbocycles. The molecule has 1 aliphatic rings. The first-order valence-corrected chi connectivity index (χ1v) is 11.9. The van der Waals surface area contributed by atoms with Crippen molar-refractivity contribution >= 4 is 29.4 Å². The quantitative estimate of drug-likeness (QED) is 0.336. The van der Waals surface area contributed by atoms with E-state index >= 15 is 0 Å². The van der Waals surface area contributed by atoms with Gasteiger partial charge in [0.15, 0.2) is 0 Å². The minimum absolute atomic E-state index is 0.0115. The van der Waals surface area contributed by atoms with E-state index in [0.717, 1.165) is 12.1 Å². The van der Waals surface area contributed by atoms with E-state index in [-0.39, 0.29) is 29.3 Å². The number of rotatable bonds is 6. The lowest BCUT2D eigenvalue weighted by Crippen LogP contribution is -2.47. The van der Waals surface area contributed by atoms with Gasteiger partial charge < -0.3 is 16.0 Å². The van der Waals surface area contributed by atoms with Crippen LogP contribution < -0.4 is 11.1 Å². The molecule has 0 saturated carbocycles. The van der Waals surface area contributed by atoms with Crippen molar-refractivity contribution in [3.63, 3.8) is 0 Å². The molecule has 0 bridgehead atoms. The molecule has 0 spiro atoms. The van der Waals surface area contributed by atoms with Gasteiger partial charge in [-0.3, -0.25) is 19.6 Å². The van der Waals surface area contributed by atoms with Crippen molar-refractivity contribution in [2.75, 3.05) is 25.5 Å². The van der Waals surface area contributed by atoms with Crippen molar-refractivity contribution in [3.8, 4) is 11.3 Å². The summed E-state index contributed by atoms with van der Waals surface area (Å²) in [6.07, 6.45) is -2.59. The Hall–Kier alpha value is -4.54. The van der Waals surface area contributed by atoms with E-state index in [4.69, 9.17) is 10.7 Å². The van der Waals surface area contributed by atoms with Crippen molar-refractivity contribution in [1.82, 2.24) is 9.88 Å². The number of hydrogen-bond acceptors (Lipinski definition) is 5. The zero-order valence-corrected chi connectivity index (χ0v) is 21.1. The molecule has 0 radical (unpaired) electrons. The molecular weight excluding hydrogens is 514 g/mol. The Balaban J connectivity index is 1.72. The summed E-state index contributed by atoms with van der Waals surface area (Å²) >= 11 is 0. The summed E-state index contributed by atoms with van der Waals surface area (Å²) in [7, 11) is 1.41. The Morgan fingerprint density at radius 1 is 1.10 bits per heavy atom. The molecule has 202 valence electrons. The lowest BCUT2D eigenvalue weighted by Gasteiger charge is -2.38. The number of pyridine rings is 1. The highest BCUT2D eigenvalue weighted by atomic mass is 19.4. The normalized spacial score (nSPS) is 14.4. The summed E-state index contributed by atoms with van der Waals surface area (Å²) in [5, 5.41) is 2.59. The van der Waals surface area contributed by atoms with Crippen LogP contribution in [0.3, 0.4) is 0 Å². The minimum Gasteiger partial charge on any atom is -0.398 e. The van der Waals surface area contributed by atoms with Gasteiger partial charge in [-0.2, -0.15) is 13.2 Å². The van der Waals surface area contributed by atoms with Crippen LogP contribution in [0, 0.1) is 5.82 Å². The summed E-state index contributed by atoms with van der Waals surface area (Å²) in [5.41, 5.74) is 5.01. The van der Waals surface area contributed by atoms with E-state index in [9.17, 15) is 27.2 Å². The van der Waals surface area contributed by atoms with Crippen LogP contribution in [0.4, 0.5) is 23.2 Å². The summed E-state index contributed by atoms with van der Waals surface area (Å²) in [6, 6.07) is 13.3. The number of hydrogen-bond donors (Lipinski definition) is 2. The Kier molecular flexibility index (Phi) is 7.80. The molecule has 2 heterocycles. The first-order valence-electron chi connectivity index (χ1n) is 11.9. The number of carbonyl (C=O) groups is 2. The van der Waals surface area contributed by atoms with Gasteiger partial charge >= 0.3 is 6.18 Å². The van der Waals surface area contributed by atoms with Crippen LogP contribution in [0.15, 0.2) is 65.7 Å². The number of alkyl halides is 3. The fourth-order valence-electron chi connectivity index (χ4n) is 4.20. The Bertz CT molecular complexity index is 1460. The maximum Gasteiger partial charge on any atom is 0.417 e. The highest BCUT2D eigenvalue weighted by Crippen LogP contribution is 2.36. The SMILES string of the molecule is CN=CC=C(N)c1cc(C(=O)Nc2ccc(C3CN(C(C)=O)C3)nc2-c2ccccc2)c(F)cc1C(F)(F)F. The van der Waals surface area contributed by atoms with Gasteiger partial charge in [-0.15, -0.1) is 0 Å². The van der Waals surface area contributed by atoms with Crippen LogP contribution in [0.2, 0.25) is 0 Å². The number of anilines is 1. The molecule has 11 heteroatoms. The number of likely N-dealkylation sites (tertiary alicyclic amines) is 1. The molecule has 1 aliphatic heterocycles. The van der Waals surface area contributed by atoms with Crippen molar-refractivity contribution in [2.24, 2.45) is 10.7 Å². The number of carbonyl (C=O) groups excluding carboxylic acids is 2. The number of halogens is 4. The molecule has 2 amide bonds. The van der Waals surface area contributed by atoms with Crippen LogP contribution in [0.5, 0.6) is 0 Å². The van der Waals surface area contributed by atoms with Crippen LogP contribution in [0.25, 0.3) is 17.0 Å². The largest absolute Gasteiger partial charge is 0.417 e. The van der Waals surface area contributed by atoms with Gasteiger partial charge in [-0.05, 0) is 30.3 Å². The van der Waals surface area contributed by atoms with Gasteiger partial charge in [0.05, 0.1) is 22.5 Å². The molecule has 1 fully saturated rings. The first kappa shape index (κ1) is 27.5. The maximum atomic E-state index is 14.9. The maximum absolute atomic E-state index is 14.9. The highest BCUT2D eigenvalue weighted by molar-refractivity contribution is 6.06. The summed E-state index contributed by atoms with van der Waals surface area (Å²) < 4.78 is 55.8. The number of benzene rings is 2. The third-order valence-electron chi connectivity index (χ3n) is 6.33. The van der Waals surface area contributed by atoms with Gasteiger partial charge in [0.1, 0.15) is 5.82 Å². The molecule has 3 aromatic rings. The number of aromatic nitrogens is 1. The van der Waals surface area contributed by atoms with E-state index < -0.39 is 34.6 Å². The van der Waals surface area contributed by atoms with Gasteiger partial charge in [0.25, 0.3) is 5.91 Å². The van der Waals surface area contributed by atoms with Crippen molar-refractivity contribution in [2.45, 2.75) is 19.0 Å². The van der Waals surface area contributed by atoms with Crippen LogP contribution in [0.1, 0.15) is 40.0 Å². The van der Waals surface area contributed by atoms with Gasteiger partial charge in [0, 0.05) is 61.7 Å². The standard InChI is InChI=1S/C28H25F4N5O2/c1-16(38)37-14-18(15-37)24-8-9-25(26(35-24)17-6-4-3-5-7-17)36-27(39)20-12-19(23(33)10-11-34-2)21(13-22(20)29)28(30,31)32/h3-13,18H,14-15,33H2,1-2H3,(H,36,39). The van der Waals surface area contributed by atoms with Gasteiger partial charge in [0.2, 0.25) is 5.91 Å². The van der Waals surface area contributed by atoms with Crippen LogP contribution in [-0.4, -0.2) is 48.1 Å². The number of nitrogens with zero attached hydrogens (tertiary/aromatic N) is 3. The zero-order valence-electron chi connectivity index (χ0n) is 21.1. The Labute approximate surface area is 222 Å². The molecule has 4 rings (SSSR count). The molecule has 3 N–H and O–H groups in total. The summed E-state index contributed by atoms with van der Waals surface area (Å²) in [4.78, 5) is 34.8. The van der Waals surface area contributed by atoms with E-state index in [2.05, 4.69) is 10.3 Å². The molecular formula is C28H25F4N5O2. The van der Waals surface area contributed by atoms with Crippen LogP contribution >= 0.6 is 0 Å². The second-order valence-corrected chi connectivity index (χ2v) is 8.98. The van der Waals surface area contributed by atoms with E-state index in [1.807, 2.05) is 6.07 Å². The summed E-state index contributed by atoms with van der Waals surface area (Å²) in [6.45, 7) is 2.52. The van der Waals surface area contributed by atoms with Crippen molar-refractivity contribution in [3.05, 3.63) is 88.9 Å². The lowest BCUT2D eigenvalue weighted by molar-refractivity contribution is -0.138. The molecule has 1 saturated heterocycles. The van der Waals surface area contributed by atoms with Gasteiger partial charge in [-0.25, -0.2) is 4.39 Å². The zero-order chi connectivity index (χ0) is 28.3. The molecule has 0 unspecified atom stereocenters. The van der Waals surface area contributed by atoms with Crippen molar-refractivity contribution < 1.29 is 27.2 Å². The Morgan fingerprint density at radius 2 is 1.79 bits per heavy atom. The molecule has 39 heavy (non-hydrogen) atoms. The molecule has 0 aliphatic carbocycles. The second kappa shape index (κ2) is 11.1. The van der Waals surface area contributed by atoms with E-state index in [0.29, 0.717) is 30.0 Å². The minimum atomic E-state index is -4.91. The number of nitrogens with two attached hydrogens (primary N) is 1. The highest BCUT2D eigenvalue weighted by Gasteiger charge is 2.36. The van der Waals surface area contributed by atoms with Crippen LogP contribution in [-0.2, 0) is 11.0 Å². The van der Waals surface area contributed by atoms with Crippen molar-refractivity contribution in [1.29, 1.82) is 0 Å².